The van der Waals surface area contributed by atoms with E-state index >= 15 is 0 Å². The van der Waals surface area contributed by atoms with Crippen molar-refractivity contribution in [2.75, 3.05) is 0 Å². The number of amides is 1. The molecule has 7 nitrogen and oxygen atoms in total. The number of primary amides is 1. The van der Waals surface area contributed by atoms with Crippen molar-refractivity contribution >= 4 is 39.4 Å². The van der Waals surface area contributed by atoms with Crippen LogP contribution in [0, 0.1) is 3.70 Å². The zero-order chi connectivity index (χ0) is 12.7. The molecular weight excluding hydrogens is 347 g/mol. The van der Waals surface area contributed by atoms with E-state index in [1.807, 2.05) is 18.2 Å². The maximum absolute atomic E-state index is 11.2. The van der Waals surface area contributed by atoms with Gasteiger partial charge in [0.05, 0.1) is 5.52 Å². The summed E-state index contributed by atoms with van der Waals surface area (Å²) in [7, 11) is 0. The van der Waals surface area contributed by atoms with Crippen LogP contribution in [0.4, 0.5) is 0 Å². The number of nitrogens with one attached hydrogen (secondary N) is 2. The van der Waals surface area contributed by atoms with Gasteiger partial charge in [-0.1, -0.05) is 6.07 Å². The first kappa shape index (κ1) is 11.1. The number of fused-ring (bicyclic) bond motifs is 1. The molecule has 0 spiro atoms. The van der Waals surface area contributed by atoms with Crippen LogP contribution in [-0.4, -0.2) is 31.5 Å². The van der Waals surface area contributed by atoms with Crippen molar-refractivity contribution in [3.8, 4) is 11.3 Å². The van der Waals surface area contributed by atoms with Gasteiger partial charge in [0.25, 0.3) is 5.91 Å². The number of halogens is 1. The largest absolute Gasteiger partial charge is 0.364 e. The smallest absolute Gasteiger partial charge is 0.271 e. The minimum Gasteiger partial charge on any atom is -0.364 e. The third-order valence-electron chi connectivity index (χ3n) is 2.56. The topological polar surface area (TPSA) is 113 Å². The number of hydrogen-bond acceptors (Lipinski definition) is 4. The van der Waals surface area contributed by atoms with Gasteiger partial charge in [0.1, 0.15) is 9.39 Å². The van der Waals surface area contributed by atoms with Gasteiger partial charge in [-0.3, -0.25) is 9.89 Å². The van der Waals surface area contributed by atoms with E-state index in [0.717, 1.165) is 20.2 Å². The van der Waals surface area contributed by atoms with Gasteiger partial charge >= 0.3 is 0 Å². The predicted molar refractivity (Wildman–Crippen MR) is 72.7 cm³/mol. The SMILES string of the molecule is NC(=O)c1n[nH]nc1-c1ccc2c(I)[nH]nc2c1. The third-order valence-corrected chi connectivity index (χ3v) is 3.39. The molecule has 90 valence electrons. The van der Waals surface area contributed by atoms with E-state index < -0.39 is 5.91 Å². The molecule has 0 atom stereocenters. The molecule has 1 aromatic carbocycles. The molecule has 2 heterocycles. The van der Waals surface area contributed by atoms with Gasteiger partial charge in [-0.25, -0.2) is 0 Å². The Morgan fingerprint density at radius 1 is 1.28 bits per heavy atom. The molecule has 8 heteroatoms. The van der Waals surface area contributed by atoms with Gasteiger partial charge in [0.2, 0.25) is 0 Å². The van der Waals surface area contributed by atoms with Crippen LogP contribution in [0.1, 0.15) is 10.5 Å². The molecule has 0 fully saturated rings. The van der Waals surface area contributed by atoms with Gasteiger partial charge in [0.15, 0.2) is 5.69 Å². The second-order valence-electron chi connectivity index (χ2n) is 3.65. The van der Waals surface area contributed by atoms with Crippen molar-refractivity contribution in [2.24, 2.45) is 5.73 Å². The predicted octanol–water partition coefficient (Wildman–Crippen LogP) is 1.05. The Morgan fingerprint density at radius 2 is 2.11 bits per heavy atom. The van der Waals surface area contributed by atoms with E-state index in [9.17, 15) is 4.79 Å². The molecule has 3 aromatic rings. The number of aromatic amines is 2. The molecule has 0 aliphatic rings. The molecule has 4 N–H and O–H groups in total. The van der Waals surface area contributed by atoms with Crippen molar-refractivity contribution in [3.63, 3.8) is 0 Å². The lowest BCUT2D eigenvalue weighted by atomic mass is 10.1. The Bertz CT molecular complexity index is 746. The fourth-order valence-electron chi connectivity index (χ4n) is 1.73. The highest BCUT2D eigenvalue weighted by Crippen LogP contribution is 2.25. The van der Waals surface area contributed by atoms with Crippen LogP contribution in [0.5, 0.6) is 0 Å². The van der Waals surface area contributed by atoms with E-state index in [-0.39, 0.29) is 5.69 Å². The highest BCUT2D eigenvalue weighted by Gasteiger charge is 2.16. The maximum atomic E-state index is 11.2. The average Bonchev–Trinajstić information content (AvgIpc) is 2.96. The second kappa shape index (κ2) is 4.05. The van der Waals surface area contributed by atoms with Crippen LogP contribution in [0.3, 0.4) is 0 Å². The fourth-order valence-corrected chi connectivity index (χ4v) is 2.31. The summed E-state index contributed by atoms with van der Waals surface area (Å²) in [6.45, 7) is 0. The van der Waals surface area contributed by atoms with E-state index in [4.69, 9.17) is 5.73 Å². The van der Waals surface area contributed by atoms with Crippen LogP contribution in [0.15, 0.2) is 18.2 Å². The summed E-state index contributed by atoms with van der Waals surface area (Å²) < 4.78 is 0.962. The maximum Gasteiger partial charge on any atom is 0.271 e. The Balaban J connectivity index is 2.19. The summed E-state index contributed by atoms with van der Waals surface area (Å²) in [4.78, 5) is 11.2. The number of benzene rings is 1. The van der Waals surface area contributed by atoms with Crippen LogP contribution in [0.25, 0.3) is 22.2 Å². The van der Waals surface area contributed by atoms with Crippen molar-refractivity contribution in [3.05, 3.63) is 27.6 Å². The number of nitrogens with zero attached hydrogens (tertiary/aromatic N) is 3. The molecule has 0 aliphatic heterocycles. The molecule has 18 heavy (non-hydrogen) atoms. The highest BCUT2D eigenvalue weighted by molar-refractivity contribution is 14.1. The fraction of sp³-hybridized carbons (Fsp3) is 0. The van der Waals surface area contributed by atoms with Crippen LogP contribution >= 0.6 is 22.6 Å². The molecule has 2 aromatic heterocycles. The Kier molecular flexibility index (Phi) is 2.51. The van der Waals surface area contributed by atoms with E-state index in [0.29, 0.717) is 5.69 Å². The molecule has 0 aliphatic carbocycles. The number of hydrogen-bond donors (Lipinski definition) is 3. The van der Waals surface area contributed by atoms with Gasteiger partial charge in [-0.15, -0.1) is 0 Å². The summed E-state index contributed by atoms with van der Waals surface area (Å²) in [5.74, 6) is -0.615. The third kappa shape index (κ3) is 1.65. The summed E-state index contributed by atoms with van der Waals surface area (Å²) in [5.41, 5.74) is 7.33. The van der Waals surface area contributed by atoms with Gasteiger partial charge in [-0.2, -0.15) is 20.5 Å². The Labute approximate surface area is 114 Å². The molecule has 0 saturated carbocycles. The van der Waals surface area contributed by atoms with Gasteiger partial charge < -0.3 is 5.73 Å². The number of nitrogens with two attached hydrogens (primary N) is 1. The Hall–Kier alpha value is -1.97. The monoisotopic (exact) mass is 354 g/mol. The molecule has 0 saturated heterocycles. The van der Waals surface area contributed by atoms with Gasteiger partial charge in [0, 0.05) is 10.9 Å². The van der Waals surface area contributed by atoms with Crippen molar-refractivity contribution in [1.82, 2.24) is 25.6 Å². The molecule has 0 radical (unpaired) electrons. The first-order valence-corrected chi connectivity index (χ1v) is 6.09. The van der Waals surface area contributed by atoms with E-state index in [1.165, 1.54) is 0 Å². The van der Waals surface area contributed by atoms with E-state index in [1.54, 1.807) is 0 Å². The molecular formula is C10H7IN6O. The van der Waals surface area contributed by atoms with Crippen molar-refractivity contribution in [1.29, 1.82) is 0 Å². The van der Waals surface area contributed by atoms with Gasteiger partial charge in [-0.05, 0) is 34.7 Å². The quantitative estimate of drug-likeness (QED) is 0.597. The summed E-state index contributed by atoms with van der Waals surface area (Å²) in [6.07, 6.45) is 0. The number of rotatable bonds is 2. The normalized spacial score (nSPS) is 10.9. The minimum absolute atomic E-state index is 0.125. The molecule has 1 amide bonds. The number of carbonyl (C=O) groups excluding carboxylic acids is 1. The van der Waals surface area contributed by atoms with E-state index in [2.05, 4.69) is 48.2 Å². The van der Waals surface area contributed by atoms with Crippen LogP contribution < -0.4 is 5.73 Å². The lowest BCUT2D eigenvalue weighted by Gasteiger charge is -1.98. The first-order chi connectivity index (χ1) is 8.66. The number of H-pyrrole nitrogens is 2. The lowest BCUT2D eigenvalue weighted by Crippen LogP contribution is -2.12. The second-order valence-corrected chi connectivity index (χ2v) is 4.73. The standard InChI is InChI=1S/C10H7IN6O/c11-9-5-2-1-4(3-6(5)13-16-9)7-8(10(12)18)15-17-14-7/h1-3H,(H2,12,18)(H,13,16)(H,14,15,17). The highest BCUT2D eigenvalue weighted by atomic mass is 127. The minimum atomic E-state index is -0.615. The summed E-state index contributed by atoms with van der Waals surface area (Å²) in [5, 5.41) is 18.1. The van der Waals surface area contributed by atoms with Crippen molar-refractivity contribution < 1.29 is 4.79 Å². The molecule has 0 unspecified atom stereocenters. The van der Waals surface area contributed by atoms with Crippen LogP contribution in [-0.2, 0) is 0 Å². The molecule has 0 bridgehead atoms. The zero-order valence-electron chi connectivity index (χ0n) is 8.94. The number of aromatic nitrogens is 5. The molecule has 3 rings (SSSR count). The summed E-state index contributed by atoms with van der Waals surface area (Å²) >= 11 is 2.17. The van der Waals surface area contributed by atoms with Crippen molar-refractivity contribution in [2.45, 2.75) is 0 Å². The van der Waals surface area contributed by atoms with Crippen LogP contribution in [0.2, 0.25) is 0 Å². The summed E-state index contributed by atoms with van der Waals surface area (Å²) in [6, 6.07) is 5.60. The first-order valence-electron chi connectivity index (χ1n) is 5.01. The zero-order valence-corrected chi connectivity index (χ0v) is 11.1. The lowest BCUT2D eigenvalue weighted by molar-refractivity contribution is 0.0996. The Morgan fingerprint density at radius 3 is 2.89 bits per heavy atom. The number of carbonyl (C=O) groups is 1. The average molecular weight is 354 g/mol.